The second-order valence-electron chi connectivity index (χ2n) is 4.84. The maximum atomic E-state index is 4.45. The summed E-state index contributed by atoms with van der Waals surface area (Å²) in [5, 5.41) is 7.53. The average Bonchev–Trinajstić information content (AvgIpc) is 2.81. The van der Waals surface area contributed by atoms with E-state index in [1.807, 2.05) is 13.0 Å². The number of aryl methyl sites for hydroxylation is 1. The van der Waals surface area contributed by atoms with E-state index < -0.39 is 0 Å². The van der Waals surface area contributed by atoms with Crippen LogP contribution < -0.4 is 5.32 Å². The van der Waals surface area contributed by atoms with Crippen LogP contribution in [0.4, 0.5) is 0 Å². The summed E-state index contributed by atoms with van der Waals surface area (Å²) in [4.78, 5) is 8.39. The van der Waals surface area contributed by atoms with Gasteiger partial charge >= 0.3 is 0 Å². The molecular weight excluding hydrogens is 226 g/mol. The number of hydrogen-bond acceptors (Lipinski definition) is 4. The minimum absolute atomic E-state index is 0.655. The molecule has 18 heavy (non-hydrogen) atoms. The first-order valence-electron chi connectivity index (χ1n) is 6.18. The molecule has 1 N–H and O–H groups in total. The van der Waals surface area contributed by atoms with Crippen molar-refractivity contribution in [3.8, 4) is 5.82 Å². The standard InChI is InChI=1S/C13H19N5/c1-10(2)6-14-7-12-4-11(3)17-13(5-12)18-9-15-8-16-18/h4-5,8-10,14H,6-7H2,1-3H3. The van der Waals surface area contributed by atoms with E-state index >= 15 is 0 Å². The number of nitrogens with zero attached hydrogens (tertiary/aromatic N) is 4. The van der Waals surface area contributed by atoms with E-state index in [2.05, 4.69) is 40.3 Å². The fraction of sp³-hybridized carbons (Fsp3) is 0.462. The van der Waals surface area contributed by atoms with Gasteiger partial charge in [0, 0.05) is 12.2 Å². The zero-order valence-corrected chi connectivity index (χ0v) is 11.1. The fourth-order valence-electron chi connectivity index (χ4n) is 1.77. The summed E-state index contributed by atoms with van der Waals surface area (Å²) >= 11 is 0. The normalized spacial score (nSPS) is 11.1. The third kappa shape index (κ3) is 3.37. The number of aromatic nitrogens is 4. The average molecular weight is 245 g/mol. The molecular formula is C13H19N5. The van der Waals surface area contributed by atoms with Crippen molar-refractivity contribution in [1.29, 1.82) is 0 Å². The minimum Gasteiger partial charge on any atom is -0.312 e. The zero-order chi connectivity index (χ0) is 13.0. The monoisotopic (exact) mass is 245 g/mol. The van der Waals surface area contributed by atoms with Crippen LogP contribution in [-0.2, 0) is 6.54 Å². The van der Waals surface area contributed by atoms with Crippen LogP contribution in [0, 0.1) is 12.8 Å². The maximum Gasteiger partial charge on any atom is 0.155 e. The third-order valence-corrected chi connectivity index (χ3v) is 2.53. The number of rotatable bonds is 5. The van der Waals surface area contributed by atoms with Crippen LogP contribution in [-0.4, -0.2) is 26.3 Å². The highest BCUT2D eigenvalue weighted by Crippen LogP contribution is 2.09. The number of pyridine rings is 1. The van der Waals surface area contributed by atoms with Crippen molar-refractivity contribution in [2.75, 3.05) is 6.54 Å². The van der Waals surface area contributed by atoms with Crippen molar-refractivity contribution < 1.29 is 0 Å². The predicted octanol–water partition coefficient (Wildman–Crippen LogP) is 1.72. The lowest BCUT2D eigenvalue weighted by atomic mass is 10.2. The largest absolute Gasteiger partial charge is 0.312 e. The molecule has 0 bridgehead atoms. The molecule has 5 nitrogen and oxygen atoms in total. The predicted molar refractivity (Wildman–Crippen MR) is 70.4 cm³/mol. The van der Waals surface area contributed by atoms with Gasteiger partial charge in [0.1, 0.15) is 12.7 Å². The molecule has 2 aromatic heterocycles. The molecule has 2 aromatic rings. The Morgan fingerprint density at radius 1 is 1.33 bits per heavy atom. The number of nitrogens with one attached hydrogen (secondary N) is 1. The van der Waals surface area contributed by atoms with Gasteiger partial charge in [-0.3, -0.25) is 0 Å². The second kappa shape index (κ2) is 5.73. The molecule has 0 aromatic carbocycles. The lowest BCUT2D eigenvalue weighted by molar-refractivity contribution is 0.552. The maximum absolute atomic E-state index is 4.45. The van der Waals surface area contributed by atoms with Crippen LogP contribution in [0.3, 0.4) is 0 Å². The third-order valence-electron chi connectivity index (χ3n) is 2.53. The van der Waals surface area contributed by atoms with E-state index in [1.165, 1.54) is 11.9 Å². The van der Waals surface area contributed by atoms with E-state index in [0.717, 1.165) is 24.6 Å². The number of hydrogen-bond donors (Lipinski definition) is 1. The van der Waals surface area contributed by atoms with Gasteiger partial charge in [0.25, 0.3) is 0 Å². The van der Waals surface area contributed by atoms with Gasteiger partial charge < -0.3 is 5.32 Å². The topological polar surface area (TPSA) is 55.6 Å². The highest BCUT2D eigenvalue weighted by molar-refractivity contribution is 5.29. The van der Waals surface area contributed by atoms with Crippen molar-refractivity contribution in [3.63, 3.8) is 0 Å². The van der Waals surface area contributed by atoms with Crippen LogP contribution in [0.2, 0.25) is 0 Å². The van der Waals surface area contributed by atoms with Gasteiger partial charge in [0.05, 0.1) is 0 Å². The minimum atomic E-state index is 0.655. The van der Waals surface area contributed by atoms with Gasteiger partial charge in [-0.15, -0.1) is 0 Å². The lowest BCUT2D eigenvalue weighted by Gasteiger charge is -2.09. The van der Waals surface area contributed by atoms with E-state index in [-0.39, 0.29) is 0 Å². The summed E-state index contributed by atoms with van der Waals surface area (Å²) in [5.41, 5.74) is 2.21. The molecule has 0 atom stereocenters. The molecule has 96 valence electrons. The van der Waals surface area contributed by atoms with Crippen LogP contribution in [0.15, 0.2) is 24.8 Å². The zero-order valence-electron chi connectivity index (χ0n) is 11.1. The smallest absolute Gasteiger partial charge is 0.155 e. The van der Waals surface area contributed by atoms with Crippen molar-refractivity contribution in [3.05, 3.63) is 36.0 Å². The molecule has 0 saturated carbocycles. The summed E-state index contributed by atoms with van der Waals surface area (Å²) in [6.07, 6.45) is 3.17. The summed E-state index contributed by atoms with van der Waals surface area (Å²) in [7, 11) is 0. The van der Waals surface area contributed by atoms with Crippen molar-refractivity contribution >= 4 is 0 Å². The molecule has 0 saturated heterocycles. The Labute approximate surface area is 107 Å². The van der Waals surface area contributed by atoms with Gasteiger partial charge in [-0.25, -0.2) is 14.6 Å². The summed E-state index contributed by atoms with van der Waals surface area (Å²) in [5.74, 6) is 1.47. The summed E-state index contributed by atoms with van der Waals surface area (Å²) in [6.45, 7) is 8.26. The molecule has 5 heteroatoms. The molecule has 2 heterocycles. The van der Waals surface area contributed by atoms with E-state index in [0.29, 0.717) is 5.92 Å². The first-order chi connectivity index (χ1) is 8.65. The van der Waals surface area contributed by atoms with E-state index in [4.69, 9.17) is 0 Å². The molecule has 0 aliphatic heterocycles. The molecule has 0 fully saturated rings. The Kier molecular flexibility index (Phi) is 4.04. The lowest BCUT2D eigenvalue weighted by Crippen LogP contribution is -2.19. The molecule has 0 unspecified atom stereocenters. The Morgan fingerprint density at radius 2 is 2.17 bits per heavy atom. The van der Waals surface area contributed by atoms with Crippen molar-refractivity contribution in [1.82, 2.24) is 25.1 Å². The molecule has 0 aliphatic carbocycles. The van der Waals surface area contributed by atoms with Gasteiger partial charge in [-0.1, -0.05) is 13.8 Å². The highest BCUT2D eigenvalue weighted by atomic mass is 15.3. The first kappa shape index (κ1) is 12.7. The Bertz CT molecular complexity index is 490. The second-order valence-corrected chi connectivity index (χ2v) is 4.84. The van der Waals surface area contributed by atoms with Crippen molar-refractivity contribution in [2.24, 2.45) is 5.92 Å². The van der Waals surface area contributed by atoms with Crippen molar-refractivity contribution in [2.45, 2.75) is 27.3 Å². The SMILES string of the molecule is Cc1cc(CNCC(C)C)cc(-n2cncn2)n1. The highest BCUT2D eigenvalue weighted by Gasteiger charge is 2.03. The van der Waals surface area contributed by atoms with Gasteiger partial charge in [0.2, 0.25) is 0 Å². The molecule has 0 radical (unpaired) electrons. The van der Waals surface area contributed by atoms with E-state index in [1.54, 1.807) is 11.0 Å². The van der Waals surface area contributed by atoms with Crippen LogP contribution in [0.5, 0.6) is 0 Å². The summed E-state index contributed by atoms with van der Waals surface area (Å²) in [6, 6.07) is 4.13. The molecule has 0 spiro atoms. The molecule has 0 amide bonds. The summed E-state index contributed by atoms with van der Waals surface area (Å²) < 4.78 is 1.68. The quantitative estimate of drug-likeness (QED) is 0.871. The Balaban J connectivity index is 2.12. The van der Waals surface area contributed by atoms with Crippen LogP contribution in [0.1, 0.15) is 25.1 Å². The molecule has 0 aliphatic rings. The first-order valence-corrected chi connectivity index (χ1v) is 6.18. The van der Waals surface area contributed by atoms with Gasteiger partial charge in [-0.2, -0.15) is 5.10 Å². The van der Waals surface area contributed by atoms with Crippen LogP contribution >= 0.6 is 0 Å². The fourth-order valence-corrected chi connectivity index (χ4v) is 1.77. The van der Waals surface area contributed by atoms with Crippen LogP contribution in [0.25, 0.3) is 5.82 Å². The van der Waals surface area contributed by atoms with E-state index in [9.17, 15) is 0 Å². The Hall–Kier alpha value is -1.75. The Morgan fingerprint density at radius 3 is 2.83 bits per heavy atom. The van der Waals surface area contributed by atoms with Gasteiger partial charge in [0.15, 0.2) is 5.82 Å². The van der Waals surface area contributed by atoms with Gasteiger partial charge in [-0.05, 0) is 37.1 Å². The molecule has 2 rings (SSSR count).